The van der Waals surface area contributed by atoms with Crippen molar-refractivity contribution in [1.29, 1.82) is 0 Å². The Morgan fingerprint density at radius 1 is 0.618 bits per heavy atom. The first-order chi connectivity index (χ1) is 16.8. The number of hydrogen-bond donors (Lipinski definition) is 0. The van der Waals surface area contributed by atoms with Gasteiger partial charge in [0.1, 0.15) is 5.75 Å². The van der Waals surface area contributed by atoms with Crippen molar-refractivity contribution in [3.05, 3.63) is 29.8 Å². The first-order valence-electron chi connectivity index (χ1n) is 14.5. The van der Waals surface area contributed by atoms with Crippen molar-refractivity contribution in [2.45, 2.75) is 142 Å². The summed E-state index contributed by atoms with van der Waals surface area (Å²) in [6.07, 6.45) is 27.3. The average Bonchev–Trinajstić information content (AvgIpc) is 2.86. The minimum absolute atomic E-state index is 0.0551. The normalized spacial score (nSPS) is 11.0. The highest BCUT2D eigenvalue weighted by atomic mass is 16.5. The zero-order valence-corrected chi connectivity index (χ0v) is 22.6. The van der Waals surface area contributed by atoms with Crippen molar-refractivity contribution < 1.29 is 14.3 Å². The maximum Gasteiger partial charge on any atom is 0.305 e. The second kappa shape index (κ2) is 23.2. The summed E-state index contributed by atoms with van der Waals surface area (Å²) in [6.45, 7) is 2.75. The number of methoxy groups -OCH3 is 1. The standard InChI is InChI=1S/C31H54O3/c1-3-4-5-6-7-8-9-10-11-12-13-14-15-16-17-18-19-20-21-22-31(32)34-28-27-29-23-25-30(33-2)26-24-29/h23-26H,3-22,27-28H2,1-2H3. The molecule has 0 radical (unpaired) electrons. The monoisotopic (exact) mass is 474 g/mol. The van der Waals surface area contributed by atoms with Crippen LogP contribution >= 0.6 is 0 Å². The lowest BCUT2D eigenvalue weighted by Crippen LogP contribution is -2.07. The Bertz CT molecular complexity index is 567. The lowest BCUT2D eigenvalue weighted by Gasteiger charge is -2.06. The predicted molar refractivity (Wildman–Crippen MR) is 146 cm³/mol. The van der Waals surface area contributed by atoms with Gasteiger partial charge in [-0.15, -0.1) is 0 Å². The smallest absolute Gasteiger partial charge is 0.305 e. The van der Waals surface area contributed by atoms with Crippen LogP contribution in [0.5, 0.6) is 5.75 Å². The van der Waals surface area contributed by atoms with Gasteiger partial charge in [-0.05, 0) is 24.1 Å². The van der Waals surface area contributed by atoms with Crippen LogP contribution in [0.2, 0.25) is 0 Å². The molecule has 3 heteroatoms. The van der Waals surface area contributed by atoms with Gasteiger partial charge < -0.3 is 9.47 Å². The molecular formula is C31H54O3. The number of carbonyl (C=O) groups excluding carboxylic acids is 1. The molecule has 0 atom stereocenters. The third kappa shape index (κ3) is 18.9. The van der Waals surface area contributed by atoms with Gasteiger partial charge in [0.25, 0.3) is 0 Å². The Morgan fingerprint density at radius 2 is 1.03 bits per heavy atom. The molecule has 3 nitrogen and oxygen atoms in total. The SMILES string of the molecule is CCCCCCCCCCCCCCCCCCCCCC(=O)OCCc1ccc(OC)cc1. The zero-order chi connectivity index (χ0) is 24.5. The highest BCUT2D eigenvalue weighted by Gasteiger charge is 2.03. The number of rotatable bonds is 24. The lowest BCUT2D eigenvalue weighted by molar-refractivity contribution is -0.143. The quantitative estimate of drug-likeness (QED) is 0.110. The third-order valence-corrected chi connectivity index (χ3v) is 6.80. The molecular weight excluding hydrogens is 420 g/mol. The molecule has 0 bridgehead atoms. The van der Waals surface area contributed by atoms with Crippen LogP contribution < -0.4 is 4.74 Å². The molecule has 0 aromatic heterocycles. The Hall–Kier alpha value is -1.51. The fourth-order valence-corrected chi connectivity index (χ4v) is 4.49. The molecule has 0 amide bonds. The molecule has 34 heavy (non-hydrogen) atoms. The largest absolute Gasteiger partial charge is 0.497 e. The van der Waals surface area contributed by atoms with E-state index >= 15 is 0 Å². The molecule has 0 aliphatic carbocycles. The van der Waals surface area contributed by atoms with E-state index in [1.165, 1.54) is 109 Å². The van der Waals surface area contributed by atoms with Crippen LogP contribution in [-0.4, -0.2) is 19.7 Å². The molecule has 0 N–H and O–H groups in total. The Balaban J connectivity index is 1.76. The molecule has 0 fully saturated rings. The van der Waals surface area contributed by atoms with Crippen molar-refractivity contribution in [2.24, 2.45) is 0 Å². The molecule has 0 spiro atoms. The molecule has 0 saturated heterocycles. The molecule has 0 heterocycles. The first kappa shape index (κ1) is 30.5. The molecule has 1 aromatic rings. The van der Waals surface area contributed by atoms with Crippen molar-refractivity contribution >= 4 is 5.97 Å². The molecule has 0 aliphatic heterocycles. The fraction of sp³-hybridized carbons (Fsp3) is 0.774. The van der Waals surface area contributed by atoms with Gasteiger partial charge in [-0.25, -0.2) is 0 Å². The summed E-state index contributed by atoms with van der Waals surface area (Å²) < 4.78 is 10.5. The van der Waals surface area contributed by atoms with E-state index in [1.54, 1.807) is 7.11 Å². The van der Waals surface area contributed by atoms with Gasteiger partial charge in [0.15, 0.2) is 0 Å². The summed E-state index contributed by atoms with van der Waals surface area (Å²) in [7, 11) is 1.66. The van der Waals surface area contributed by atoms with Gasteiger partial charge in [0, 0.05) is 12.8 Å². The number of carbonyl (C=O) groups is 1. The van der Waals surface area contributed by atoms with E-state index in [4.69, 9.17) is 9.47 Å². The number of benzene rings is 1. The zero-order valence-electron chi connectivity index (χ0n) is 22.6. The van der Waals surface area contributed by atoms with Crippen LogP contribution in [0.4, 0.5) is 0 Å². The summed E-state index contributed by atoms with van der Waals surface area (Å²) in [5, 5.41) is 0. The van der Waals surface area contributed by atoms with Crippen LogP contribution in [0.3, 0.4) is 0 Å². The van der Waals surface area contributed by atoms with Crippen LogP contribution in [-0.2, 0) is 16.0 Å². The number of unbranched alkanes of at least 4 members (excludes halogenated alkanes) is 18. The maximum absolute atomic E-state index is 11.9. The van der Waals surface area contributed by atoms with Gasteiger partial charge in [0.2, 0.25) is 0 Å². The van der Waals surface area contributed by atoms with Gasteiger partial charge in [-0.1, -0.05) is 135 Å². The van der Waals surface area contributed by atoms with E-state index < -0.39 is 0 Å². The van der Waals surface area contributed by atoms with Crippen molar-refractivity contribution in [3.8, 4) is 5.75 Å². The second-order valence-corrected chi connectivity index (χ2v) is 9.93. The number of hydrogen-bond acceptors (Lipinski definition) is 3. The van der Waals surface area contributed by atoms with Crippen LogP contribution in [0.1, 0.15) is 141 Å². The van der Waals surface area contributed by atoms with E-state index in [0.717, 1.165) is 30.6 Å². The average molecular weight is 475 g/mol. The highest BCUT2D eigenvalue weighted by Crippen LogP contribution is 2.15. The van der Waals surface area contributed by atoms with E-state index in [2.05, 4.69) is 6.92 Å². The summed E-state index contributed by atoms with van der Waals surface area (Å²) in [5.74, 6) is 0.797. The maximum atomic E-state index is 11.9. The summed E-state index contributed by atoms with van der Waals surface area (Å²) in [6, 6.07) is 7.92. The summed E-state index contributed by atoms with van der Waals surface area (Å²) in [5.41, 5.74) is 1.16. The molecule has 0 aliphatic rings. The van der Waals surface area contributed by atoms with Crippen molar-refractivity contribution in [1.82, 2.24) is 0 Å². The molecule has 1 rings (SSSR count). The van der Waals surface area contributed by atoms with Crippen LogP contribution in [0.15, 0.2) is 24.3 Å². The molecule has 0 saturated carbocycles. The highest BCUT2D eigenvalue weighted by molar-refractivity contribution is 5.69. The fourth-order valence-electron chi connectivity index (χ4n) is 4.49. The topological polar surface area (TPSA) is 35.5 Å². The second-order valence-electron chi connectivity index (χ2n) is 9.93. The van der Waals surface area contributed by atoms with Crippen molar-refractivity contribution in [2.75, 3.05) is 13.7 Å². The molecule has 1 aromatic carbocycles. The summed E-state index contributed by atoms with van der Waals surface area (Å²) >= 11 is 0. The van der Waals surface area contributed by atoms with E-state index in [9.17, 15) is 4.79 Å². The van der Waals surface area contributed by atoms with E-state index in [0.29, 0.717) is 13.0 Å². The Morgan fingerprint density at radius 3 is 1.44 bits per heavy atom. The van der Waals surface area contributed by atoms with Crippen LogP contribution in [0, 0.1) is 0 Å². The van der Waals surface area contributed by atoms with E-state index in [-0.39, 0.29) is 5.97 Å². The van der Waals surface area contributed by atoms with Crippen molar-refractivity contribution in [3.63, 3.8) is 0 Å². The predicted octanol–water partition coefficient (Wildman–Crippen LogP) is 9.60. The Labute approximate surface area is 211 Å². The van der Waals surface area contributed by atoms with Gasteiger partial charge in [0.05, 0.1) is 13.7 Å². The lowest BCUT2D eigenvalue weighted by atomic mass is 10.0. The van der Waals surface area contributed by atoms with Crippen LogP contribution in [0.25, 0.3) is 0 Å². The van der Waals surface area contributed by atoms with Gasteiger partial charge >= 0.3 is 5.97 Å². The van der Waals surface area contributed by atoms with Gasteiger partial charge in [-0.3, -0.25) is 4.79 Å². The minimum atomic E-state index is -0.0551. The van der Waals surface area contributed by atoms with E-state index in [1.807, 2.05) is 24.3 Å². The van der Waals surface area contributed by atoms with Gasteiger partial charge in [-0.2, -0.15) is 0 Å². The third-order valence-electron chi connectivity index (χ3n) is 6.80. The minimum Gasteiger partial charge on any atom is -0.497 e. The molecule has 0 unspecified atom stereocenters. The first-order valence-corrected chi connectivity index (χ1v) is 14.5. The molecule has 196 valence electrons. The number of esters is 1. The number of ether oxygens (including phenoxy) is 2. The summed E-state index contributed by atoms with van der Waals surface area (Å²) in [4.78, 5) is 11.9. The Kier molecular flexibility index (Phi) is 20.9.